The van der Waals surface area contributed by atoms with Crippen LogP contribution in [0.25, 0.3) is 10.2 Å². The first kappa shape index (κ1) is 20.4. The summed E-state index contributed by atoms with van der Waals surface area (Å²) < 4.78 is 2.09. The number of rotatable bonds is 4. The molecule has 2 amide bonds. The van der Waals surface area contributed by atoms with Gasteiger partial charge in [-0.2, -0.15) is 0 Å². The van der Waals surface area contributed by atoms with Crippen LogP contribution in [-0.4, -0.2) is 51.9 Å². The van der Waals surface area contributed by atoms with Crippen LogP contribution in [0, 0.1) is 6.92 Å². The molecule has 1 aromatic carbocycles. The molecule has 4 rings (SSSR count). The van der Waals surface area contributed by atoms with Crippen molar-refractivity contribution in [2.45, 2.75) is 33.4 Å². The Labute approximate surface area is 181 Å². The van der Waals surface area contributed by atoms with Gasteiger partial charge >= 0.3 is 0 Å². The van der Waals surface area contributed by atoms with E-state index in [0.29, 0.717) is 31.7 Å². The van der Waals surface area contributed by atoms with Gasteiger partial charge in [0.05, 0.1) is 0 Å². The lowest BCUT2D eigenvalue weighted by Gasteiger charge is -2.40. The Morgan fingerprint density at radius 2 is 1.90 bits per heavy atom. The lowest BCUT2D eigenvalue weighted by Crippen LogP contribution is -2.55. The quantitative estimate of drug-likeness (QED) is 0.579. The molecule has 0 spiro atoms. The van der Waals surface area contributed by atoms with Crippen molar-refractivity contribution < 1.29 is 9.59 Å². The number of nitrogens with zero attached hydrogens (tertiary/aromatic N) is 3. The number of thiophene rings is 1. The maximum absolute atomic E-state index is 13.4. The van der Waals surface area contributed by atoms with Crippen LogP contribution in [-0.2, 0) is 6.54 Å². The van der Waals surface area contributed by atoms with Crippen molar-refractivity contribution in [1.82, 2.24) is 14.4 Å². The van der Waals surface area contributed by atoms with Crippen LogP contribution >= 0.6 is 11.3 Å². The van der Waals surface area contributed by atoms with E-state index >= 15 is 0 Å². The van der Waals surface area contributed by atoms with E-state index in [0.717, 1.165) is 21.5 Å². The summed E-state index contributed by atoms with van der Waals surface area (Å²) in [6, 6.07) is 11.7. The van der Waals surface area contributed by atoms with E-state index in [1.165, 1.54) is 0 Å². The zero-order valence-corrected chi connectivity index (χ0v) is 18.5. The number of piperazine rings is 1. The molecule has 1 aliphatic heterocycles. The molecule has 6 heteroatoms. The lowest BCUT2D eigenvalue weighted by atomic mass is 10.1. The van der Waals surface area contributed by atoms with Crippen molar-refractivity contribution in [2.24, 2.45) is 0 Å². The molecular weight excluding hydrogens is 394 g/mol. The molecule has 0 unspecified atom stereocenters. The number of hydrogen-bond acceptors (Lipinski definition) is 3. The van der Waals surface area contributed by atoms with Gasteiger partial charge in [0.25, 0.3) is 11.8 Å². The second-order valence-electron chi connectivity index (χ2n) is 7.86. The van der Waals surface area contributed by atoms with Crippen LogP contribution < -0.4 is 0 Å². The van der Waals surface area contributed by atoms with E-state index in [9.17, 15) is 9.59 Å². The van der Waals surface area contributed by atoms with E-state index in [1.807, 2.05) is 67.0 Å². The highest BCUT2D eigenvalue weighted by atomic mass is 32.1. The molecule has 156 valence electrons. The van der Waals surface area contributed by atoms with Crippen LogP contribution in [0.1, 0.15) is 40.3 Å². The van der Waals surface area contributed by atoms with Gasteiger partial charge in [-0.05, 0) is 50.4 Å². The molecule has 3 aromatic rings. The predicted molar refractivity (Wildman–Crippen MR) is 122 cm³/mol. The Bertz CT molecular complexity index is 1090. The number of benzene rings is 1. The molecule has 1 saturated heterocycles. The largest absolute Gasteiger partial charge is 0.334 e. The summed E-state index contributed by atoms with van der Waals surface area (Å²) in [6.07, 6.45) is 4.07. The molecule has 1 aliphatic rings. The highest BCUT2D eigenvalue weighted by Gasteiger charge is 2.32. The minimum atomic E-state index is -0.0310. The van der Waals surface area contributed by atoms with E-state index in [4.69, 9.17) is 0 Å². The van der Waals surface area contributed by atoms with E-state index < -0.39 is 0 Å². The fourth-order valence-electron chi connectivity index (χ4n) is 4.01. The molecule has 2 aromatic heterocycles. The van der Waals surface area contributed by atoms with Gasteiger partial charge in [-0.15, -0.1) is 11.3 Å². The normalized spacial score (nSPS) is 17.2. The van der Waals surface area contributed by atoms with E-state index in [-0.39, 0.29) is 17.9 Å². The fourth-order valence-corrected chi connectivity index (χ4v) is 4.92. The molecule has 0 bridgehead atoms. The summed E-state index contributed by atoms with van der Waals surface area (Å²) in [6.45, 7) is 8.33. The van der Waals surface area contributed by atoms with E-state index in [1.54, 1.807) is 11.3 Å². The second-order valence-corrected chi connectivity index (χ2v) is 8.75. The van der Waals surface area contributed by atoms with Gasteiger partial charge in [0, 0.05) is 43.2 Å². The Balaban J connectivity index is 1.51. The van der Waals surface area contributed by atoms with E-state index in [2.05, 4.69) is 22.1 Å². The Hall–Kier alpha value is -2.86. The van der Waals surface area contributed by atoms with Crippen molar-refractivity contribution in [3.63, 3.8) is 0 Å². The number of carbonyl (C=O) groups is 2. The summed E-state index contributed by atoms with van der Waals surface area (Å²) >= 11 is 1.66. The summed E-state index contributed by atoms with van der Waals surface area (Å²) in [5.41, 5.74) is 2.56. The molecule has 1 fully saturated rings. The third kappa shape index (κ3) is 3.79. The molecular formula is C24H27N3O2S. The summed E-state index contributed by atoms with van der Waals surface area (Å²) in [4.78, 5) is 31.2. The first-order valence-electron chi connectivity index (χ1n) is 10.3. The number of aryl methyl sites for hydroxylation is 1. The SMILES string of the molecule is C/C=C\Cn1c(C(=O)N2CCN(C(=O)c3ccc(C)cc3)[C@H](C)C2)cc2ccsc21. The van der Waals surface area contributed by atoms with Gasteiger partial charge in [0.1, 0.15) is 10.5 Å². The maximum atomic E-state index is 13.4. The summed E-state index contributed by atoms with van der Waals surface area (Å²) in [5.74, 6) is 0.0729. The Kier molecular flexibility index (Phi) is 5.77. The lowest BCUT2D eigenvalue weighted by molar-refractivity contribution is 0.0409. The third-order valence-corrected chi connectivity index (χ3v) is 6.67. The zero-order chi connectivity index (χ0) is 21.3. The van der Waals surface area contributed by atoms with Crippen LogP contribution in [0.5, 0.6) is 0 Å². The second kappa shape index (κ2) is 8.48. The Morgan fingerprint density at radius 3 is 2.60 bits per heavy atom. The number of hydrogen-bond donors (Lipinski definition) is 0. The van der Waals surface area contributed by atoms with Crippen molar-refractivity contribution in [2.75, 3.05) is 19.6 Å². The van der Waals surface area contributed by atoms with Crippen LogP contribution in [0.2, 0.25) is 0 Å². The average Bonchev–Trinajstić information content (AvgIpc) is 3.33. The molecule has 5 nitrogen and oxygen atoms in total. The van der Waals surface area contributed by atoms with Gasteiger partial charge in [-0.25, -0.2) is 0 Å². The van der Waals surface area contributed by atoms with Crippen LogP contribution in [0.4, 0.5) is 0 Å². The van der Waals surface area contributed by atoms with Crippen molar-refractivity contribution in [3.05, 3.63) is 70.8 Å². The number of aromatic nitrogens is 1. The van der Waals surface area contributed by atoms with Crippen molar-refractivity contribution in [3.8, 4) is 0 Å². The van der Waals surface area contributed by atoms with Gasteiger partial charge in [-0.3, -0.25) is 9.59 Å². The molecule has 0 aliphatic carbocycles. The van der Waals surface area contributed by atoms with Crippen LogP contribution in [0.3, 0.4) is 0 Å². The number of amides is 2. The molecule has 0 N–H and O–H groups in total. The molecule has 1 atom stereocenters. The predicted octanol–water partition coefficient (Wildman–Crippen LogP) is 4.57. The van der Waals surface area contributed by atoms with Crippen molar-refractivity contribution in [1.29, 1.82) is 0 Å². The van der Waals surface area contributed by atoms with Crippen LogP contribution in [0.15, 0.2) is 53.9 Å². The molecule has 3 heterocycles. The first-order chi connectivity index (χ1) is 14.5. The van der Waals surface area contributed by atoms with Gasteiger partial charge in [0.15, 0.2) is 0 Å². The monoisotopic (exact) mass is 421 g/mol. The summed E-state index contributed by atoms with van der Waals surface area (Å²) in [7, 11) is 0. The standard InChI is InChI=1S/C24H27N3O2S/c1-4-5-11-27-21(15-20-10-14-30-24(20)27)23(29)25-12-13-26(18(3)16-25)22(28)19-8-6-17(2)7-9-19/h4-10,14-15,18H,11-13,16H2,1-3H3/b5-4-/t18-/m1/s1. The maximum Gasteiger partial charge on any atom is 0.270 e. The third-order valence-electron chi connectivity index (χ3n) is 5.72. The zero-order valence-electron chi connectivity index (χ0n) is 17.7. The van der Waals surface area contributed by atoms with Crippen molar-refractivity contribution >= 4 is 33.4 Å². The minimum Gasteiger partial charge on any atom is -0.334 e. The summed E-state index contributed by atoms with van der Waals surface area (Å²) in [5, 5.41) is 3.16. The molecule has 0 radical (unpaired) electrons. The smallest absolute Gasteiger partial charge is 0.270 e. The Morgan fingerprint density at radius 1 is 1.13 bits per heavy atom. The highest BCUT2D eigenvalue weighted by molar-refractivity contribution is 7.16. The number of fused-ring (bicyclic) bond motifs is 1. The van der Waals surface area contributed by atoms with Gasteiger partial charge in [-0.1, -0.05) is 29.8 Å². The van der Waals surface area contributed by atoms with Gasteiger partial charge in [0.2, 0.25) is 0 Å². The average molecular weight is 422 g/mol. The molecule has 0 saturated carbocycles. The topological polar surface area (TPSA) is 45.6 Å². The number of allylic oxidation sites excluding steroid dienone is 2. The van der Waals surface area contributed by atoms with Gasteiger partial charge < -0.3 is 14.4 Å². The fraction of sp³-hybridized carbons (Fsp3) is 0.333. The number of carbonyl (C=O) groups excluding carboxylic acids is 2. The highest BCUT2D eigenvalue weighted by Crippen LogP contribution is 2.27. The molecule has 30 heavy (non-hydrogen) atoms. The first-order valence-corrected chi connectivity index (χ1v) is 11.2. The minimum absolute atomic E-state index is 0.0310.